The first-order chi connectivity index (χ1) is 13.6. The van der Waals surface area contributed by atoms with Gasteiger partial charge < -0.3 is 10.6 Å². The van der Waals surface area contributed by atoms with E-state index in [-0.39, 0.29) is 5.82 Å². The maximum atomic E-state index is 13.0. The van der Waals surface area contributed by atoms with Crippen LogP contribution in [0.5, 0.6) is 0 Å². The summed E-state index contributed by atoms with van der Waals surface area (Å²) >= 11 is 1.67. The van der Waals surface area contributed by atoms with E-state index in [9.17, 15) is 4.39 Å². The summed E-state index contributed by atoms with van der Waals surface area (Å²) in [4.78, 5) is 9.09. The molecule has 3 rings (SSSR count). The number of nitrogens with zero attached hydrogens (tertiary/aromatic N) is 4. The third-order valence-corrected chi connectivity index (χ3v) is 4.88. The predicted molar refractivity (Wildman–Crippen MR) is 112 cm³/mol. The molecular weight excluding hydrogens is 375 g/mol. The Labute approximate surface area is 168 Å². The summed E-state index contributed by atoms with van der Waals surface area (Å²) < 4.78 is 14.8. The Morgan fingerprint density at radius 3 is 2.68 bits per heavy atom. The van der Waals surface area contributed by atoms with Gasteiger partial charge in [0, 0.05) is 44.1 Å². The number of rotatable bonds is 8. The molecule has 0 atom stereocenters. The van der Waals surface area contributed by atoms with Crippen molar-refractivity contribution in [3.05, 3.63) is 64.1 Å². The molecule has 8 heteroatoms. The van der Waals surface area contributed by atoms with E-state index < -0.39 is 0 Å². The molecule has 0 aliphatic heterocycles. The SMILES string of the molecule is CCNC(=NCCc1ccn(-c2ccc(F)cc2)n1)NCCc1csc(C)n1. The second-order valence-electron chi connectivity index (χ2n) is 6.27. The van der Waals surface area contributed by atoms with Crippen molar-refractivity contribution in [2.75, 3.05) is 19.6 Å². The van der Waals surface area contributed by atoms with Crippen molar-refractivity contribution in [1.29, 1.82) is 0 Å². The third kappa shape index (κ3) is 5.88. The number of aliphatic imine (C=N–C) groups is 1. The Balaban J connectivity index is 1.50. The first kappa shape index (κ1) is 20.0. The van der Waals surface area contributed by atoms with Crippen LogP contribution < -0.4 is 10.6 Å². The highest BCUT2D eigenvalue weighted by Crippen LogP contribution is 2.09. The van der Waals surface area contributed by atoms with Gasteiger partial charge in [0.1, 0.15) is 5.82 Å². The van der Waals surface area contributed by atoms with Gasteiger partial charge in [-0.2, -0.15) is 5.10 Å². The van der Waals surface area contributed by atoms with Crippen LogP contribution in [0, 0.1) is 12.7 Å². The van der Waals surface area contributed by atoms with E-state index in [1.165, 1.54) is 12.1 Å². The lowest BCUT2D eigenvalue weighted by Gasteiger charge is -2.10. The second-order valence-corrected chi connectivity index (χ2v) is 7.34. The molecule has 0 radical (unpaired) electrons. The minimum Gasteiger partial charge on any atom is -0.357 e. The van der Waals surface area contributed by atoms with E-state index in [1.807, 2.05) is 26.1 Å². The minimum atomic E-state index is -0.251. The quantitative estimate of drug-likeness (QED) is 0.450. The Hall–Kier alpha value is -2.74. The summed E-state index contributed by atoms with van der Waals surface area (Å²) in [5.74, 6) is 0.547. The standard InChI is InChI=1S/C20H25FN6S/c1-3-22-20(24-12-9-18-14-28-15(2)25-18)23-11-8-17-10-13-27(26-17)19-6-4-16(21)5-7-19/h4-7,10,13-14H,3,8-9,11-12H2,1-2H3,(H2,22,23,24). The second kappa shape index (κ2) is 9.98. The Morgan fingerprint density at radius 2 is 1.96 bits per heavy atom. The highest BCUT2D eigenvalue weighted by atomic mass is 32.1. The summed E-state index contributed by atoms with van der Waals surface area (Å²) in [6.07, 6.45) is 3.48. The van der Waals surface area contributed by atoms with Crippen molar-refractivity contribution in [2.45, 2.75) is 26.7 Å². The molecule has 6 nitrogen and oxygen atoms in total. The summed E-state index contributed by atoms with van der Waals surface area (Å²) in [7, 11) is 0. The Kier molecular flexibility index (Phi) is 7.13. The zero-order valence-corrected chi connectivity index (χ0v) is 17.0. The molecule has 28 heavy (non-hydrogen) atoms. The van der Waals surface area contributed by atoms with Crippen LogP contribution in [0.2, 0.25) is 0 Å². The van der Waals surface area contributed by atoms with Gasteiger partial charge in [-0.05, 0) is 44.2 Å². The number of halogens is 1. The number of aryl methyl sites for hydroxylation is 1. The Morgan fingerprint density at radius 1 is 1.14 bits per heavy atom. The van der Waals surface area contributed by atoms with Gasteiger partial charge in [-0.1, -0.05) is 0 Å². The summed E-state index contributed by atoms with van der Waals surface area (Å²) in [5, 5.41) is 14.3. The summed E-state index contributed by atoms with van der Waals surface area (Å²) in [5.41, 5.74) is 2.89. The van der Waals surface area contributed by atoms with Crippen molar-refractivity contribution in [1.82, 2.24) is 25.4 Å². The zero-order valence-electron chi connectivity index (χ0n) is 16.2. The Bertz CT molecular complexity index is 900. The first-order valence-electron chi connectivity index (χ1n) is 9.37. The minimum absolute atomic E-state index is 0.251. The molecule has 148 valence electrons. The van der Waals surface area contributed by atoms with Gasteiger partial charge in [-0.3, -0.25) is 4.99 Å². The molecule has 0 unspecified atom stereocenters. The maximum absolute atomic E-state index is 13.0. The smallest absolute Gasteiger partial charge is 0.191 e. The maximum Gasteiger partial charge on any atom is 0.191 e. The molecule has 0 fully saturated rings. The zero-order chi connectivity index (χ0) is 19.8. The van der Waals surface area contributed by atoms with Crippen molar-refractivity contribution < 1.29 is 4.39 Å². The number of nitrogens with one attached hydrogen (secondary N) is 2. The van der Waals surface area contributed by atoms with Crippen molar-refractivity contribution >= 4 is 17.3 Å². The van der Waals surface area contributed by atoms with Gasteiger partial charge in [-0.25, -0.2) is 14.1 Å². The van der Waals surface area contributed by atoms with Crippen LogP contribution in [0.25, 0.3) is 5.69 Å². The normalized spacial score (nSPS) is 11.6. The average molecular weight is 401 g/mol. The molecule has 0 saturated carbocycles. The first-order valence-corrected chi connectivity index (χ1v) is 10.3. The highest BCUT2D eigenvalue weighted by Gasteiger charge is 2.03. The van der Waals surface area contributed by atoms with E-state index >= 15 is 0 Å². The summed E-state index contributed by atoms with van der Waals surface area (Å²) in [6.45, 7) is 6.29. The largest absolute Gasteiger partial charge is 0.357 e. The molecule has 0 amide bonds. The molecule has 2 N–H and O–H groups in total. The van der Waals surface area contributed by atoms with Gasteiger partial charge in [0.2, 0.25) is 0 Å². The van der Waals surface area contributed by atoms with E-state index in [0.717, 1.165) is 54.0 Å². The molecule has 0 aliphatic carbocycles. The number of hydrogen-bond donors (Lipinski definition) is 2. The van der Waals surface area contributed by atoms with Crippen LogP contribution in [0.15, 0.2) is 46.9 Å². The van der Waals surface area contributed by atoms with Gasteiger partial charge in [0.15, 0.2) is 5.96 Å². The highest BCUT2D eigenvalue weighted by molar-refractivity contribution is 7.09. The number of aromatic nitrogens is 3. The number of guanidine groups is 1. The fourth-order valence-corrected chi connectivity index (χ4v) is 3.34. The molecule has 0 saturated heterocycles. The number of benzene rings is 1. The van der Waals surface area contributed by atoms with Crippen LogP contribution in [0.4, 0.5) is 4.39 Å². The fourth-order valence-electron chi connectivity index (χ4n) is 2.69. The van der Waals surface area contributed by atoms with Gasteiger partial charge in [0.25, 0.3) is 0 Å². The predicted octanol–water partition coefficient (Wildman–Crippen LogP) is 3.12. The van der Waals surface area contributed by atoms with Crippen molar-refractivity contribution in [3.8, 4) is 5.69 Å². The van der Waals surface area contributed by atoms with Crippen LogP contribution in [0.3, 0.4) is 0 Å². The fraction of sp³-hybridized carbons (Fsp3) is 0.350. The van der Waals surface area contributed by atoms with Gasteiger partial charge >= 0.3 is 0 Å². The van der Waals surface area contributed by atoms with Crippen molar-refractivity contribution in [2.24, 2.45) is 4.99 Å². The van der Waals surface area contributed by atoms with E-state index in [1.54, 1.807) is 28.2 Å². The van der Waals surface area contributed by atoms with E-state index in [0.29, 0.717) is 6.54 Å². The van der Waals surface area contributed by atoms with Crippen LogP contribution in [-0.2, 0) is 12.8 Å². The molecular formula is C20H25FN6S. The lowest BCUT2D eigenvalue weighted by Crippen LogP contribution is -2.38. The lowest BCUT2D eigenvalue weighted by molar-refractivity contribution is 0.627. The van der Waals surface area contributed by atoms with E-state index in [4.69, 9.17) is 0 Å². The van der Waals surface area contributed by atoms with Gasteiger partial charge in [0.05, 0.1) is 22.1 Å². The van der Waals surface area contributed by atoms with Crippen molar-refractivity contribution in [3.63, 3.8) is 0 Å². The monoisotopic (exact) mass is 400 g/mol. The molecule has 3 aromatic rings. The number of thiazole rings is 1. The molecule has 0 bridgehead atoms. The lowest BCUT2D eigenvalue weighted by atomic mass is 10.3. The molecule has 0 spiro atoms. The van der Waals surface area contributed by atoms with Gasteiger partial charge in [-0.15, -0.1) is 11.3 Å². The third-order valence-electron chi connectivity index (χ3n) is 4.06. The molecule has 1 aromatic carbocycles. The van der Waals surface area contributed by atoms with Crippen LogP contribution in [0.1, 0.15) is 23.3 Å². The number of hydrogen-bond acceptors (Lipinski definition) is 4. The molecule has 2 aromatic heterocycles. The summed E-state index contributed by atoms with van der Waals surface area (Å²) in [6, 6.07) is 8.25. The van der Waals surface area contributed by atoms with Crippen LogP contribution >= 0.6 is 11.3 Å². The van der Waals surface area contributed by atoms with Crippen LogP contribution in [-0.4, -0.2) is 40.4 Å². The topological polar surface area (TPSA) is 67.1 Å². The molecule has 0 aliphatic rings. The van der Waals surface area contributed by atoms with E-state index in [2.05, 4.69) is 31.1 Å². The molecule has 2 heterocycles. The average Bonchev–Trinajstić information content (AvgIpc) is 3.31.